The van der Waals surface area contributed by atoms with Crippen molar-refractivity contribution in [2.75, 3.05) is 26.9 Å². The van der Waals surface area contributed by atoms with Crippen molar-refractivity contribution in [3.63, 3.8) is 0 Å². The second kappa shape index (κ2) is 12.7. The van der Waals surface area contributed by atoms with Gasteiger partial charge >= 0.3 is 5.97 Å². The number of hydrogen-bond acceptors (Lipinski definition) is 7. The van der Waals surface area contributed by atoms with Crippen LogP contribution < -0.4 is 14.8 Å². The minimum atomic E-state index is -0.850. The van der Waals surface area contributed by atoms with Gasteiger partial charge in [0.1, 0.15) is 42.5 Å². The predicted molar refractivity (Wildman–Crippen MR) is 142 cm³/mol. The number of esters is 1. The summed E-state index contributed by atoms with van der Waals surface area (Å²) in [5.74, 6) is -2.20. The van der Waals surface area contributed by atoms with E-state index in [-0.39, 0.29) is 53.6 Å². The van der Waals surface area contributed by atoms with Crippen molar-refractivity contribution in [3.05, 3.63) is 58.1 Å². The highest BCUT2D eigenvalue weighted by Crippen LogP contribution is 2.55. The third-order valence-electron chi connectivity index (χ3n) is 7.49. The van der Waals surface area contributed by atoms with Crippen LogP contribution in [0.1, 0.15) is 38.5 Å². The van der Waals surface area contributed by atoms with E-state index in [4.69, 9.17) is 42.1 Å². The highest BCUT2D eigenvalue weighted by atomic mass is 35.5. The molecule has 3 aliphatic rings. The Balaban J connectivity index is 1.39. The summed E-state index contributed by atoms with van der Waals surface area (Å²) < 4.78 is 48.9. The summed E-state index contributed by atoms with van der Waals surface area (Å²) in [5, 5.41) is 2.88. The van der Waals surface area contributed by atoms with Gasteiger partial charge in [-0.1, -0.05) is 23.2 Å². The minimum Gasteiger partial charge on any atom is -0.486 e. The summed E-state index contributed by atoms with van der Waals surface area (Å²) in [6.07, 6.45) is 1.98. The number of halogens is 4. The minimum absolute atomic E-state index is 0.0444. The van der Waals surface area contributed by atoms with E-state index in [1.165, 1.54) is 31.4 Å². The Bertz CT molecular complexity index is 1270. The summed E-state index contributed by atoms with van der Waals surface area (Å²) in [6.45, 7) is -0.890. The van der Waals surface area contributed by atoms with Gasteiger partial charge in [-0.05, 0) is 61.8 Å². The smallest absolute Gasteiger partial charge is 0.332 e. The number of nitrogens with one attached hydrogen (secondary N) is 1. The van der Waals surface area contributed by atoms with E-state index < -0.39 is 40.6 Å². The molecule has 1 N–H and O–H groups in total. The van der Waals surface area contributed by atoms with Crippen molar-refractivity contribution in [1.29, 1.82) is 0 Å². The van der Waals surface area contributed by atoms with Crippen molar-refractivity contribution >= 4 is 40.9 Å². The van der Waals surface area contributed by atoms with Gasteiger partial charge in [0.05, 0.1) is 15.6 Å². The highest BCUT2D eigenvalue weighted by Gasteiger charge is 2.57. The van der Waals surface area contributed by atoms with Crippen LogP contribution >= 0.6 is 23.2 Å². The molecule has 2 aromatic rings. The zero-order chi connectivity index (χ0) is 28.9. The first-order valence-electron chi connectivity index (χ1n) is 12.7. The Labute approximate surface area is 240 Å². The lowest BCUT2D eigenvalue weighted by Crippen LogP contribution is -2.66. The van der Waals surface area contributed by atoms with Crippen molar-refractivity contribution in [3.8, 4) is 11.5 Å². The fourth-order valence-corrected chi connectivity index (χ4v) is 5.72. The number of amides is 1. The number of ketones is 1. The topological polar surface area (TPSA) is 100 Å². The van der Waals surface area contributed by atoms with Gasteiger partial charge < -0.3 is 24.3 Å². The van der Waals surface area contributed by atoms with Crippen LogP contribution in [0, 0.1) is 17.0 Å². The molecule has 40 heavy (non-hydrogen) atoms. The molecule has 3 saturated carbocycles. The monoisotopic (exact) mass is 599 g/mol. The van der Waals surface area contributed by atoms with Gasteiger partial charge in [-0.25, -0.2) is 13.6 Å². The van der Waals surface area contributed by atoms with Crippen LogP contribution in [0.2, 0.25) is 10.0 Å². The molecule has 5 rings (SSSR count). The van der Waals surface area contributed by atoms with Gasteiger partial charge in [0.15, 0.2) is 12.4 Å². The van der Waals surface area contributed by atoms with Gasteiger partial charge in [0.2, 0.25) is 0 Å². The first kappa shape index (κ1) is 30.0. The summed E-state index contributed by atoms with van der Waals surface area (Å²) in [4.78, 5) is 38.1. The molecular weight excluding hydrogens is 571 g/mol. The maximum absolute atomic E-state index is 13.7. The molecule has 3 fully saturated rings. The van der Waals surface area contributed by atoms with E-state index in [9.17, 15) is 23.2 Å². The maximum atomic E-state index is 13.7. The number of Topliss-reactive ketones (excluding diaryl/α,β-unsaturated/α-hetero) is 1. The van der Waals surface area contributed by atoms with Crippen molar-refractivity contribution in [1.82, 2.24) is 5.32 Å². The van der Waals surface area contributed by atoms with E-state index in [0.29, 0.717) is 32.1 Å². The van der Waals surface area contributed by atoms with E-state index >= 15 is 0 Å². The van der Waals surface area contributed by atoms with Crippen LogP contribution in [0.3, 0.4) is 0 Å². The van der Waals surface area contributed by atoms with Gasteiger partial charge in [0, 0.05) is 25.7 Å². The number of carbonyl (C=O) groups excluding carboxylic acids is 3. The number of carbonyl (C=O) groups is 3. The predicted octanol–water partition coefficient (Wildman–Crippen LogP) is 5.07. The fourth-order valence-electron chi connectivity index (χ4n) is 5.49. The molecule has 0 saturated heterocycles. The standard InChI is InChI=1S/C28H29Cl2F2NO7/c1-37-16-26(36)40-24-13-27(12-17(34)14-38-18-2-4-20(29)22(31)10-18)6-8-28(24,9-7-27)33-25(35)15-39-19-3-5-21(30)23(32)11-19/h2-5,10-11,24H,6-9,12-16H2,1H3,(H,33,35)/t24-,27?,28?/m0/s1. The summed E-state index contributed by atoms with van der Waals surface area (Å²) >= 11 is 11.4. The third kappa shape index (κ3) is 7.21. The average Bonchev–Trinajstić information content (AvgIpc) is 2.91. The molecule has 0 spiro atoms. The molecule has 1 atom stereocenters. The Morgan fingerprint density at radius 2 is 1.48 bits per heavy atom. The van der Waals surface area contributed by atoms with Crippen LogP contribution in [0.4, 0.5) is 8.78 Å². The largest absolute Gasteiger partial charge is 0.486 e. The molecule has 12 heteroatoms. The van der Waals surface area contributed by atoms with Gasteiger partial charge in [0.25, 0.3) is 5.91 Å². The number of benzene rings is 2. The second-order valence-corrected chi connectivity index (χ2v) is 11.1. The van der Waals surface area contributed by atoms with Crippen LogP contribution in [-0.4, -0.2) is 56.2 Å². The number of rotatable bonds is 12. The first-order valence-corrected chi connectivity index (χ1v) is 13.5. The molecule has 0 unspecified atom stereocenters. The quantitative estimate of drug-likeness (QED) is 0.340. The Morgan fingerprint density at radius 1 is 0.900 bits per heavy atom. The van der Waals surface area contributed by atoms with E-state index in [2.05, 4.69) is 5.32 Å². The number of ether oxygens (including phenoxy) is 4. The first-order chi connectivity index (χ1) is 19.0. The fraction of sp³-hybridized carbons (Fsp3) is 0.464. The van der Waals surface area contributed by atoms with Crippen LogP contribution in [-0.2, 0) is 23.9 Å². The molecule has 8 nitrogen and oxygen atoms in total. The van der Waals surface area contributed by atoms with Crippen LogP contribution in [0.25, 0.3) is 0 Å². The lowest BCUT2D eigenvalue weighted by Gasteiger charge is -2.57. The maximum Gasteiger partial charge on any atom is 0.332 e. The molecule has 0 aromatic heterocycles. The van der Waals surface area contributed by atoms with Gasteiger partial charge in [-0.15, -0.1) is 0 Å². The normalized spacial score (nSPS) is 23.4. The van der Waals surface area contributed by atoms with Crippen molar-refractivity contribution < 1.29 is 42.1 Å². The lowest BCUT2D eigenvalue weighted by molar-refractivity contribution is -0.174. The molecule has 0 radical (unpaired) electrons. The number of hydrogen-bond donors (Lipinski definition) is 1. The molecule has 2 aromatic carbocycles. The Hall–Kier alpha value is -2.95. The van der Waals surface area contributed by atoms with E-state index in [1.807, 2.05) is 0 Å². The molecule has 0 aliphatic heterocycles. The van der Waals surface area contributed by atoms with Crippen molar-refractivity contribution in [2.45, 2.75) is 50.2 Å². The molecule has 216 valence electrons. The summed E-state index contributed by atoms with van der Waals surface area (Å²) in [5.41, 5.74) is -1.30. The average molecular weight is 600 g/mol. The van der Waals surface area contributed by atoms with Crippen LogP contribution in [0.5, 0.6) is 11.5 Å². The van der Waals surface area contributed by atoms with Gasteiger partial charge in [-0.3, -0.25) is 9.59 Å². The lowest BCUT2D eigenvalue weighted by atomic mass is 9.54. The zero-order valence-electron chi connectivity index (χ0n) is 21.8. The molecule has 0 heterocycles. The zero-order valence-corrected chi connectivity index (χ0v) is 23.3. The van der Waals surface area contributed by atoms with E-state index in [0.717, 1.165) is 12.1 Å². The van der Waals surface area contributed by atoms with Gasteiger partial charge in [-0.2, -0.15) is 0 Å². The number of methoxy groups -OCH3 is 1. The van der Waals surface area contributed by atoms with Crippen LogP contribution in [0.15, 0.2) is 36.4 Å². The summed E-state index contributed by atoms with van der Waals surface area (Å²) in [7, 11) is 1.37. The summed E-state index contributed by atoms with van der Waals surface area (Å²) in [6, 6.07) is 7.81. The third-order valence-corrected chi connectivity index (χ3v) is 8.10. The van der Waals surface area contributed by atoms with E-state index in [1.54, 1.807) is 0 Å². The Morgan fingerprint density at radius 3 is 2.02 bits per heavy atom. The molecule has 1 amide bonds. The van der Waals surface area contributed by atoms with Crippen molar-refractivity contribution in [2.24, 2.45) is 5.41 Å². The molecule has 2 bridgehead atoms. The second-order valence-electron chi connectivity index (χ2n) is 10.3. The number of fused-ring (bicyclic) bond motifs is 3. The molecular formula is C28H29Cl2F2NO7. The molecule has 3 aliphatic carbocycles. The SMILES string of the molecule is COCC(=O)O[C@H]1CC2(CC(=O)COc3ccc(Cl)c(F)c3)CCC1(NC(=O)COc1ccc(Cl)c(F)c1)CC2. The highest BCUT2D eigenvalue weighted by molar-refractivity contribution is 6.31. The Kier molecular flexibility index (Phi) is 9.53.